The van der Waals surface area contributed by atoms with Crippen LogP contribution in [0.1, 0.15) is 348 Å². The van der Waals surface area contributed by atoms with Gasteiger partial charge in [-0.2, -0.15) is 0 Å². The van der Waals surface area contributed by atoms with Gasteiger partial charge in [-0.1, -0.05) is 283 Å². The highest BCUT2D eigenvalue weighted by atomic mass is 16.6. The van der Waals surface area contributed by atoms with Gasteiger partial charge in [0.05, 0.1) is 0 Å². The molecule has 70 heavy (non-hydrogen) atoms. The molecule has 6 nitrogen and oxygen atoms in total. The van der Waals surface area contributed by atoms with Gasteiger partial charge in [0.25, 0.3) is 0 Å². The average Bonchev–Trinajstić information content (AvgIpc) is 3.36. The monoisotopic (exact) mass is 985 g/mol. The van der Waals surface area contributed by atoms with Gasteiger partial charge in [0.15, 0.2) is 6.10 Å². The molecule has 0 radical (unpaired) electrons. The minimum atomic E-state index is -0.772. The first-order valence-corrected chi connectivity index (χ1v) is 31.3. The maximum absolute atomic E-state index is 12.9. The summed E-state index contributed by atoms with van der Waals surface area (Å²) in [6.07, 6.45) is 70.3. The maximum Gasteiger partial charge on any atom is 0.306 e. The zero-order valence-corrected chi connectivity index (χ0v) is 47.3. The number of hydrogen-bond acceptors (Lipinski definition) is 6. The molecule has 0 aromatic heterocycles. The van der Waals surface area contributed by atoms with Gasteiger partial charge in [0.1, 0.15) is 13.2 Å². The fraction of sp³-hybridized carbons (Fsp3) is 0.891. The summed E-state index contributed by atoms with van der Waals surface area (Å²) < 4.78 is 16.9. The predicted octanol–water partition coefficient (Wildman–Crippen LogP) is 21.1. The third-order valence-corrected chi connectivity index (χ3v) is 14.2. The van der Waals surface area contributed by atoms with E-state index in [1.165, 1.54) is 244 Å². The van der Waals surface area contributed by atoms with Crippen LogP contribution in [0, 0.1) is 0 Å². The third kappa shape index (κ3) is 56.8. The van der Waals surface area contributed by atoms with Gasteiger partial charge in [-0.15, -0.1) is 0 Å². The first-order valence-electron chi connectivity index (χ1n) is 31.3. The summed E-state index contributed by atoms with van der Waals surface area (Å²) in [5.41, 5.74) is 0. The quantitative estimate of drug-likeness (QED) is 0.0261. The van der Waals surface area contributed by atoms with Gasteiger partial charge in [-0.25, -0.2) is 0 Å². The first kappa shape index (κ1) is 67.9. The van der Waals surface area contributed by atoms with E-state index in [0.29, 0.717) is 19.3 Å². The van der Waals surface area contributed by atoms with E-state index < -0.39 is 6.10 Å². The van der Waals surface area contributed by atoms with E-state index >= 15 is 0 Å². The molecular weight excluding hydrogens is 865 g/mol. The van der Waals surface area contributed by atoms with E-state index in [0.717, 1.165) is 64.2 Å². The van der Waals surface area contributed by atoms with Crippen LogP contribution in [0.3, 0.4) is 0 Å². The number of unbranched alkanes of at least 4 members (excludes halogenated alkanes) is 43. The molecule has 0 amide bonds. The second-order valence-corrected chi connectivity index (χ2v) is 21.3. The molecule has 0 heterocycles. The Morgan fingerprint density at radius 3 is 0.714 bits per heavy atom. The molecule has 0 bridgehead atoms. The molecular formula is C64H120O6. The molecule has 1 unspecified atom stereocenters. The lowest BCUT2D eigenvalue weighted by molar-refractivity contribution is -0.167. The molecule has 0 aliphatic rings. The van der Waals surface area contributed by atoms with Crippen LogP contribution in [0.4, 0.5) is 0 Å². The molecule has 1 atom stereocenters. The van der Waals surface area contributed by atoms with Gasteiger partial charge in [-0.3, -0.25) is 14.4 Å². The summed E-state index contributed by atoms with van der Waals surface area (Å²) in [6.45, 7) is 6.68. The molecule has 0 aromatic carbocycles. The maximum atomic E-state index is 12.9. The highest BCUT2D eigenvalue weighted by Crippen LogP contribution is 2.17. The van der Waals surface area contributed by atoms with E-state index in [2.05, 4.69) is 45.1 Å². The van der Waals surface area contributed by atoms with Crippen molar-refractivity contribution >= 4 is 17.9 Å². The first-order chi connectivity index (χ1) is 34.5. The van der Waals surface area contributed by atoms with E-state index in [4.69, 9.17) is 14.2 Å². The average molecular weight is 986 g/mol. The van der Waals surface area contributed by atoms with Crippen LogP contribution in [-0.4, -0.2) is 37.2 Å². The summed E-state index contributed by atoms with van der Waals surface area (Å²) >= 11 is 0. The zero-order chi connectivity index (χ0) is 50.7. The lowest BCUT2D eigenvalue weighted by atomic mass is 10.0. The topological polar surface area (TPSA) is 78.9 Å². The second kappa shape index (κ2) is 59.5. The molecule has 0 fully saturated rings. The van der Waals surface area contributed by atoms with Crippen molar-refractivity contribution in [2.75, 3.05) is 13.2 Å². The fourth-order valence-corrected chi connectivity index (χ4v) is 9.44. The normalized spacial score (nSPS) is 12.1. The molecule has 0 aromatic rings. The van der Waals surface area contributed by atoms with Crippen LogP contribution >= 0.6 is 0 Å². The molecule has 0 N–H and O–H groups in total. The van der Waals surface area contributed by atoms with Crippen LogP contribution in [0.15, 0.2) is 24.3 Å². The molecule has 0 saturated heterocycles. The highest BCUT2D eigenvalue weighted by molar-refractivity contribution is 5.71. The molecule has 6 heteroatoms. The molecule has 0 spiro atoms. The summed E-state index contributed by atoms with van der Waals surface area (Å²) in [6, 6.07) is 0. The Balaban J connectivity index is 4.31. The number of carbonyl (C=O) groups excluding carboxylic acids is 3. The van der Waals surface area contributed by atoms with E-state index in [1.54, 1.807) is 0 Å². The van der Waals surface area contributed by atoms with E-state index in [1.807, 2.05) is 0 Å². The standard InChI is InChI=1S/C64H120O6/c1-4-7-10-13-16-19-22-25-28-30-32-34-36-39-42-45-48-51-54-57-63(66)69-60-61(59-68-62(65)56-53-50-47-44-41-38-27-24-21-18-15-12-9-6-3)70-64(67)58-55-52-49-46-43-40-37-35-33-31-29-26-23-20-17-14-11-8-5-2/h24-25,27-28,61H,4-23,26,29-60H2,1-3H3/b27-24-,28-25-. The molecule has 412 valence electrons. The Morgan fingerprint density at radius 2 is 0.471 bits per heavy atom. The van der Waals surface area contributed by atoms with Crippen LogP contribution in [0.25, 0.3) is 0 Å². The zero-order valence-electron chi connectivity index (χ0n) is 47.3. The number of esters is 3. The third-order valence-electron chi connectivity index (χ3n) is 14.2. The lowest BCUT2D eigenvalue weighted by Gasteiger charge is -2.18. The Bertz CT molecular complexity index is 1130. The smallest absolute Gasteiger partial charge is 0.306 e. The molecule has 0 aliphatic heterocycles. The lowest BCUT2D eigenvalue weighted by Crippen LogP contribution is -2.30. The number of allylic oxidation sites excluding steroid dienone is 4. The SMILES string of the molecule is CCCCCCC/C=C\CCCCCCCC(=O)OCC(COC(=O)CCCCCCCCCCC/C=C\CCCCCCCC)OC(=O)CCCCCCCCCCCCCCCCCCCCC. The van der Waals surface area contributed by atoms with Gasteiger partial charge >= 0.3 is 17.9 Å². The minimum absolute atomic E-state index is 0.0702. The second-order valence-electron chi connectivity index (χ2n) is 21.3. The van der Waals surface area contributed by atoms with Gasteiger partial charge in [0, 0.05) is 19.3 Å². The van der Waals surface area contributed by atoms with Crippen molar-refractivity contribution in [2.24, 2.45) is 0 Å². The summed E-state index contributed by atoms with van der Waals surface area (Å²) in [5, 5.41) is 0. The van der Waals surface area contributed by atoms with Gasteiger partial charge in [-0.05, 0) is 70.6 Å². The van der Waals surface area contributed by atoms with E-state index in [9.17, 15) is 14.4 Å². The van der Waals surface area contributed by atoms with Crippen LogP contribution < -0.4 is 0 Å². The number of carbonyl (C=O) groups is 3. The molecule has 0 rings (SSSR count). The van der Waals surface area contributed by atoms with Crippen molar-refractivity contribution in [3.05, 3.63) is 24.3 Å². The van der Waals surface area contributed by atoms with Crippen LogP contribution in [0.2, 0.25) is 0 Å². The van der Waals surface area contributed by atoms with Gasteiger partial charge < -0.3 is 14.2 Å². The van der Waals surface area contributed by atoms with Crippen molar-refractivity contribution in [3.8, 4) is 0 Å². The Hall–Kier alpha value is -2.11. The largest absolute Gasteiger partial charge is 0.462 e. The number of hydrogen-bond donors (Lipinski definition) is 0. The fourth-order valence-electron chi connectivity index (χ4n) is 9.44. The Morgan fingerprint density at radius 1 is 0.271 bits per heavy atom. The van der Waals surface area contributed by atoms with Crippen molar-refractivity contribution in [1.82, 2.24) is 0 Å². The summed E-state index contributed by atoms with van der Waals surface area (Å²) in [7, 11) is 0. The summed E-state index contributed by atoms with van der Waals surface area (Å²) in [4.78, 5) is 38.3. The minimum Gasteiger partial charge on any atom is -0.462 e. The Kier molecular flexibility index (Phi) is 57.7. The Labute approximate surface area is 436 Å². The van der Waals surface area contributed by atoms with Crippen molar-refractivity contribution in [1.29, 1.82) is 0 Å². The summed E-state index contributed by atoms with van der Waals surface area (Å²) in [5.74, 6) is -0.856. The van der Waals surface area contributed by atoms with Crippen LogP contribution in [-0.2, 0) is 28.6 Å². The highest BCUT2D eigenvalue weighted by Gasteiger charge is 2.19. The number of ether oxygens (including phenoxy) is 3. The van der Waals surface area contributed by atoms with Gasteiger partial charge in [0.2, 0.25) is 0 Å². The van der Waals surface area contributed by atoms with Crippen LogP contribution in [0.5, 0.6) is 0 Å². The number of rotatable bonds is 58. The molecule has 0 aliphatic carbocycles. The predicted molar refractivity (Wildman–Crippen MR) is 303 cm³/mol. The molecule has 0 saturated carbocycles. The van der Waals surface area contributed by atoms with E-state index in [-0.39, 0.29) is 31.1 Å². The van der Waals surface area contributed by atoms with Crippen molar-refractivity contribution in [2.45, 2.75) is 354 Å². The van der Waals surface area contributed by atoms with Crippen molar-refractivity contribution < 1.29 is 28.6 Å². The van der Waals surface area contributed by atoms with Crippen molar-refractivity contribution in [3.63, 3.8) is 0 Å².